The minimum atomic E-state index is 0.370. The maximum atomic E-state index is 5.80. The summed E-state index contributed by atoms with van der Waals surface area (Å²) < 4.78 is 0. The van der Waals surface area contributed by atoms with Gasteiger partial charge in [0.15, 0.2) is 0 Å². The summed E-state index contributed by atoms with van der Waals surface area (Å²) in [5.74, 6) is 5.47. The molecule has 8 heavy (non-hydrogen) atoms. The topological polar surface area (TPSA) is 29.3 Å². The van der Waals surface area contributed by atoms with Gasteiger partial charge in [0.05, 0.1) is 0 Å². The summed E-state index contributed by atoms with van der Waals surface area (Å²) >= 11 is 5.80. The fourth-order valence-electron chi connectivity index (χ4n) is 0.868. The van der Waals surface area contributed by atoms with Crippen molar-refractivity contribution in [3.63, 3.8) is 0 Å². The molecular formula is C5H11ClN2. The summed E-state index contributed by atoms with van der Waals surface area (Å²) in [6.45, 7) is 1.91. The van der Waals surface area contributed by atoms with Crippen molar-refractivity contribution < 1.29 is 0 Å². The Bertz CT molecular complexity index is 58.8. The molecule has 0 saturated carbocycles. The van der Waals surface area contributed by atoms with Crippen molar-refractivity contribution >= 4 is 11.6 Å². The molecule has 0 radical (unpaired) electrons. The van der Waals surface area contributed by atoms with Crippen LogP contribution >= 0.6 is 11.6 Å². The first-order valence-corrected chi connectivity index (χ1v) is 3.36. The molecule has 2 N–H and O–H groups in total. The summed E-state index contributed by atoms with van der Waals surface area (Å²) in [4.78, 5) is 0. The maximum absolute atomic E-state index is 5.80. The number of rotatable bonds is 0. The van der Waals surface area contributed by atoms with E-state index < -0.39 is 0 Å². The van der Waals surface area contributed by atoms with Crippen LogP contribution in [-0.2, 0) is 0 Å². The Morgan fingerprint density at radius 1 is 1.38 bits per heavy atom. The second kappa shape index (κ2) is 2.67. The van der Waals surface area contributed by atoms with Crippen molar-refractivity contribution in [1.82, 2.24) is 5.01 Å². The van der Waals surface area contributed by atoms with Crippen molar-refractivity contribution in [2.24, 2.45) is 5.84 Å². The van der Waals surface area contributed by atoms with E-state index in [0.717, 1.165) is 25.9 Å². The molecule has 1 aliphatic heterocycles. The maximum Gasteiger partial charge on any atom is 0.0361 e. The van der Waals surface area contributed by atoms with Gasteiger partial charge in [0.25, 0.3) is 0 Å². The van der Waals surface area contributed by atoms with Crippen molar-refractivity contribution in [3.8, 4) is 0 Å². The Morgan fingerprint density at radius 2 is 1.88 bits per heavy atom. The average molecular weight is 135 g/mol. The van der Waals surface area contributed by atoms with Gasteiger partial charge in [-0.1, -0.05) is 0 Å². The van der Waals surface area contributed by atoms with Crippen LogP contribution in [0.2, 0.25) is 0 Å². The zero-order valence-corrected chi connectivity index (χ0v) is 5.56. The van der Waals surface area contributed by atoms with Crippen LogP contribution in [0.1, 0.15) is 12.8 Å². The largest absolute Gasteiger partial charge is 0.269 e. The van der Waals surface area contributed by atoms with Crippen molar-refractivity contribution in [2.45, 2.75) is 18.2 Å². The lowest BCUT2D eigenvalue weighted by Crippen LogP contribution is -2.39. The van der Waals surface area contributed by atoms with Crippen molar-refractivity contribution in [3.05, 3.63) is 0 Å². The molecule has 0 amide bonds. The van der Waals surface area contributed by atoms with Crippen LogP contribution in [0.3, 0.4) is 0 Å². The number of hydrogen-bond donors (Lipinski definition) is 1. The second-order valence-electron chi connectivity index (χ2n) is 2.21. The van der Waals surface area contributed by atoms with Crippen LogP contribution in [0.25, 0.3) is 0 Å². The molecular weight excluding hydrogens is 124 g/mol. The molecule has 1 saturated heterocycles. The molecule has 0 aromatic heterocycles. The van der Waals surface area contributed by atoms with E-state index in [9.17, 15) is 0 Å². The summed E-state index contributed by atoms with van der Waals surface area (Å²) in [5, 5.41) is 2.19. The number of hydrazine groups is 1. The van der Waals surface area contributed by atoms with E-state index in [4.69, 9.17) is 17.4 Å². The lowest BCUT2D eigenvalue weighted by molar-refractivity contribution is 0.238. The number of nitrogens with two attached hydrogens (primary N) is 1. The second-order valence-corrected chi connectivity index (χ2v) is 2.83. The standard InChI is InChI=1S/C5H11ClN2/c6-5-1-3-8(7)4-2-5/h5H,1-4,7H2. The van der Waals surface area contributed by atoms with E-state index >= 15 is 0 Å². The highest BCUT2D eigenvalue weighted by molar-refractivity contribution is 6.20. The van der Waals surface area contributed by atoms with E-state index in [1.807, 2.05) is 5.01 Å². The smallest absolute Gasteiger partial charge is 0.0361 e. The first kappa shape index (κ1) is 6.33. The van der Waals surface area contributed by atoms with Gasteiger partial charge >= 0.3 is 0 Å². The summed E-state index contributed by atoms with van der Waals surface area (Å²) in [6.07, 6.45) is 2.08. The molecule has 0 aliphatic carbocycles. The molecule has 48 valence electrons. The van der Waals surface area contributed by atoms with Crippen molar-refractivity contribution in [2.75, 3.05) is 13.1 Å². The Morgan fingerprint density at radius 3 is 2.25 bits per heavy atom. The molecule has 0 unspecified atom stereocenters. The Kier molecular flexibility index (Phi) is 2.11. The molecule has 0 bridgehead atoms. The molecule has 3 heteroatoms. The van der Waals surface area contributed by atoms with E-state index in [1.165, 1.54) is 0 Å². The van der Waals surface area contributed by atoms with Gasteiger partial charge in [0.2, 0.25) is 0 Å². The molecule has 1 heterocycles. The number of halogens is 1. The zero-order chi connectivity index (χ0) is 5.98. The lowest BCUT2D eigenvalue weighted by Gasteiger charge is -2.24. The van der Waals surface area contributed by atoms with Gasteiger partial charge in [-0.25, -0.2) is 5.01 Å². The predicted molar refractivity (Wildman–Crippen MR) is 34.6 cm³/mol. The highest BCUT2D eigenvalue weighted by atomic mass is 35.5. The molecule has 0 aromatic rings. The molecule has 0 spiro atoms. The van der Waals surface area contributed by atoms with Crippen LogP contribution in [0, 0.1) is 0 Å². The van der Waals surface area contributed by atoms with E-state index in [1.54, 1.807) is 0 Å². The molecule has 1 rings (SSSR count). The van der Waals surface area contributed by atoms with Crippen LogP contribution in [0.15, 0.2) is 0 Å². The van der Waals surface area contributed by atoms with Gasteiger partial charge < -0.3 is 0 Å². The summed E-state index contributed by atoms with van der Waals surface area (Å²) in [7, 11) is 0. The van der Waals surface area contributed by atoms with Crippen LogP contribution in [-0.4, -0.2) is 23.5 Å². The molecule has 1 aliphatic rings. The minimum absolute atomic E-state index is 0.370. The molecule has 2 nitrogen and oxygen atoms in total. The van der Waals surface area contributed by atoms with Gasteiger partial charge in [-0.2, -0.15) is 0 Å². The van der Waals surface area contributed by atoms with Gasteiger partial charge in [-0.15, -0.1) is 11.6 Å². The first-order valence-electron chi connectivity index (χ1n) is 2.93. The monoisotopic (exact) mass is 134 g/mol. The number of alkyl halides is 1. The van der Waals surface area contributed by atoms with Crippen LogP contribution in [0.5, 0.6) is 0 Å². The fourth-order valence-corrected chi connectivity index (χ4v) is 1.06. The molecule has 0 aromatic carbocycles. The molecule has 1 fully saturated rings. The van der Waals surface area contributed by atoms with Gasteiger partial charge in [0.1, 0.15) is 0 Å². The first-order chi connectivity index (χ1) is 3.79. The van der Waals surface area contributed by atoms with Gasteiger partial charge in [-0.3, -0.25) is 5.84 Å². The third-order valence-corrected chi connectivity index (χ3v) is 1.90. The van der Waals surface area contributed by atoms with E-state index in [2.05, 4.69) is 0 Å². The Hall–Kier alpha value is 0.210. The summed E-state index contributed by atoms with van der Waals surface area (Å²) in [5.41, 5.74) is 0. The van der Waals surface area contributed by atoms with Gasteiger partial charge in [0, 0.05) is 18.5 Å². The third kappa shape index (κ3) is 1.62. The quantitative estimate of drug-likeness (QED) is 0.388. The van der Waals surface area contributed by atoms with E-state index in [-0.39, 0.29) is 0 Å². The number of piperidine rings is 1. The highest BCUT2D eigenvalue weighted by Gasteiger charge is 2.13. The average Bonchev–Trinajstić information content (AvgIpc) is 1.77. The SMILES string of the molecule is NN1CCC(Cl)CC1. The lowest BCUT2D eigenvalue weighted by atomic mass is 10.1. The van der Waals surface area contributed by atoms with Crippen LogP contribution < -0.4 is 5.84 Å². The predicted octanol–water partition coefficient (Wildman–Crippen LogP) is 0.563. The zero-order valence-electron chi connectivity index (χ0n) is 4.81. The fraction of sp³-hybridized carbons (Fsp3) is 1.00. The van der Waals surface area contributed by atoms with Crippen molar-refractivity contribution in [1.29, 1.82) is 0 Å². The Balaban J connectivity index is 2.19. The van der Waals surface area contributed by atoms with Gasteiger partial charge in [-0.05, 0) is 12.8 Å². The van der Waals surface area contributed by atoms with E-state index in [0.29, 0.717) is 5.38 Å². The number of hydrogen-bond acceptors (Lipinski definition) is 2. The number of nitrogens with zero attached hydrogens (tertiary/aromatic N) is 1. The van der Waals surface area contributed by atoms with Crippen LogP contribution in [0.4, 0.5) is 0 Å². The molecule has 0 atom stereocenters. The third-order valence-electron chi connectivity index (χ3n) is 1.46. The highest BCUT2D eigenvalue weighted by Crippen LogP contribution is 2.12. The minimum Gasteiger partial charge on any atom is -0.269 e. The summed E-state index contributed by atoms with van der Waals surface area (Å²) in [6, 6.07) is 0. The normalized spacial score (nSPS) is 26.2. The Labute approximate surface area is 54.6 Å².